The summed E-state index contributed by atoms with van der Waals surface area (Å²) in [5, 5.41) is 4.24. The van der Waals surface area contributed by atoms with E-state index in [9.17, 15) is 0 Å². The first-order valence-electron chi connectivity index (χ1n) is 8.24. The zero-order chi connectivity index (χ0) is 14.9. The van der Waals surface area contributed by atoms with Gasteiger partial charge in [-0.25, -0.2) is 4.98 Å². The van der Waals surface area contributed by atoms with E-state index in [-0.39, 0.29) is 0 Å². The van der Waals surface area contributed by atoms with E-state index in [1.54, 1.807) is 11.3 Å². The van der Waals surface area contributed by atoms with Crippen molar-refractivity contribution in [3.8, 4) is 0 Å². The van der Waals surface area contributed by atoms with Crippen molar-refractivity contribution in [1.29, 1.82) is 0 Å². The summed E-state index contributed by atoms with van der Waals surface area (Å²) in [5.74, 6) is 2.79. The Bertz CT molecular complexity index is 634. The van der Waals surface area contributed by atoms with Crippen LogP contribution in [0.4, 0.5) is 0 Å². The highest BCUT2D eigenvalue weighted by Gasteiger charge is 2.32. The van der Waals surface area contributed by atoms with Crippen LogP contribution in [0.15, 0.2) is 10.0 Å². The number of aromatic nitrogens is 3. The predicted octanol–water partition coefficient (Wildman–Crippen LogP) is 3.13. The van der Waals surface area contributed by atoms with Crippen molar-refractivity contribution in [1.82, 2.24) is 20.0 Å². The van der Waals surface area contributed by atoms with Gasteiger partial charge in [0.15, 0.2) is 5.82 Å². The molecule has 4 rings (SSSR count). The molecule has 2 aromatic heterocycles. The maximum absolute atomic E-state index is 5.43. The van der Waals surface area contributed by atoms with Crippen LogP contribution in [0.3, 0.4) is 0 Å². The minimum Gasteiger partial charge on any atom is -0.339 e. The van der Waals surface area contributed by atoms with Gasteiger partial charge in [0.05, 0.1) is 11.2 Å². The number of hydrogen-bond donors (Lipinski definition) is 0. The SMILES string of the molecule is Cc1ncsc1CCN1CCC[C@@H](c2noc(C3CC3)n2)C1. The molecule has 1 aliphatic carbocycles. The summed E-state index contributed by atoms with van der Waals surface area (Å²) in [7, 11) is 0. The van der Waals surface area contributed by atoms with Gasteiger partial charge in [0.25, 0.3) is 0 Å². The molecule has 0 radical (unpaired) electrons. The van der Waals surface area contributed by atoms with Crippen LogP contribution in [0, 0.1) is 6.92 Å². The summed E-state index contributed by atoms with van der Waals surface area (Å²) in [6.45, 7) is 5.44. The second kappa shape index (κ2) is 6.08. The van der Waals surface area contributed by atoms with Gasteiger partial charge in [-0.15, -0.1) is 11.3 Å². The maximum atomic E-state index is 5.43. The highest BCUT2D eigenvalue weighted by Crippen LogP contribution is 2.39. The molecule has 0 aromatic carbocycles. The molecule has 2 aliphatic rings. The van der Waals surface area contributed by atoms with Gasteiger partial charge in [-0.3, -0.25) is 0 Å². The van der Waals surface area contributed by atoms with Crippen LogP contribution in [0.1, 0.15) is 59.8 Å². The molecule has 1 saturated carbocycles. The maximum Gasteiger partial charge on any atom is 0.229 e. The van der Waals surface area contributed by atoms with Gasteiger partial charge in [-0.05, 0) is 45.6 Å². The lowest BCUT2D eigenvalue weighted by Crippen LogP contribution is -2.36. The summed E-state index contributed by atoms with van der Waals surface area (Å²) >= 11 is 1.77. The topological polar surface area (TPSA) is 55.1 Å². The lowest BCUT2D eigenvalue weighted by atomic mass is 9.97. The van der Waals surface area contributed by atoms with Gasteiger partial charge in [-0.1, -0.05) is 5.16 Å². The third kappa shape index (κ3) is 3.08. The highest BCUT2D eigenvalue weighted by molar-refractivity contribution is 7.09. The Morgan fingerprint density at radius 1 is 1.32 bits per heavy atom. The molecule has 22 heavy (non-hydrogen) atoms. The molecule has 0 bridgehead atoms. The largest absolute Gasteiger partial charge is 0.339 e. The van der Waals surface area contributed by atoms with E-state index in [0.717, 1.165) is 31.2 Å². The van der Waals surface area contributed by atoms with Gasteiger partial charge in [0, 0.05) is 29.8 Å². The Hall–Kier alpha value is -1.27. The number of piperidine rings is 1. The van der Waals surface area contributed by atoms with Crippen molar-refractivity contribution in [2.75, 3.05) is 19.6 Å². The summed E-state index contributed by atoms with van der Waals surface area (Å²) in [4.78, 5) is 12.9. The smallest absolute Gasteiger partial charge is 0.229 e. The second-order valence-electron chi connectivity index (χ2n) is 6.52. The molecule has 0 N–H and O–H groups in total. The van der Waals surface area contributed by atoms with Crippen molar-refractivity contribution >= 4 is 11.3 Å². The van der Waals surface area contributed by atoms with Crippen LogP contribution in [0.5, 0.6) is 0 Å². The summed E-state index contributed by atoms with van der Waals surface area (Å²) < 4.78 is 5.43. The van der Waals surface area contributed by atoms with Crippen molar-refractivity contribution < 1.29 is 4.52 Å². The van der Waals surface area contributed by atoms with Crippen LogP contribution in [-0.4, -0.2) is 39.7 Å². The Morgan fingerprint density at radius 3 is 3.00 bits per heavy atom. The Labute approximate surface area is 134 Å². The Morgan fingerprint density at radius 2 is 2.23 bits per heavy atom. The van der Waals surface area contributed by atoms with E-state index in [1.165, 1.54) is 42.8 Å². The van der Waals surface area contributed by atoms with Gasteiger partial charge < -0.3 is 9.42 Å². The second-order valence-corrected chi connectivity index (χ2v) is 7.46. The van der Waals surface area contributed by atoms with Crippen molar-refractivity contribution in [2.24, 2.45) is 0 Å². The van der Waals surface area contributed by atoms with Crippen LogP contribution >= 0.6 is 11.3 Å². The standard InChI is InChI=1S/C16H22N4OS/c1-11-14(22-10-17-11)6-8-20-7-2-3-13(9-20)15-18-16(21-19-15)12-4-5-12/h10,12-13H,2-9H2,1H3/t13-/m1/s1. The average Bonchev–Trinajstić information content (AvgIpc) is 3.12. The number of nitrogens with zero attached hydrogens (tertiary/aromatic N) is 4. The fraction of sp³-hybridized carbons (Fsp3) is 0.688. The molecule has 1 saturated heterocycles. The summed E-state index contributed by atoms with van der Waals surface area (Å²) in [5.41, 5.74) is 3.13. The van der Waals surface area contributed by atoms with Gasteiger partial charge in [-0.2, -0.15) is 4.98 Å². The highest BCUT2D eigenvalue weighted by atomic mass is 32.1. The van der Waals surface area contributed by atoms with Crippen LogP contribution in [-0.2, 0) is 6.42 Å². The number of rotatable bonds is 5. The zero-order valence-electron chi connectivity index (χ0n) is 13.0. The monoisotopic (exact) mass is 318 g/mol. The molecule has 0 unspecified atom stereocenters. The average molecular weight is 318 g/mol. The molecule has 2 fully saturated rings. The van der Waals surface area contributed by atoms with E-state index in [1.807, 2.05) is 5.51 Å². The first-order chi connectivity index (χ1) is 10.8. The lowest BCUT2D eigenvalue weighted by molar-refractivity contribution is 0.204. The third-order valence-electron chi connectivity index (χ3n) is 4.75. The first kappa shape index (κ1) is 14.3. The van der Waals surface area contributed by atoms with Crippen LogP contribution < -0.4 is 0 Å². The Kier molecular flexibility index (Phi) is 3.96. The molecule has 3 heterocycles. The quantitative estimate of drug-likeness (QED) is 0.848. The summed E-state index contributed by atoms with van der Waals surface area (Å²) in [6.07, 6.45) is 5.93. The molecule has 1 atom stereocenters. The number of thiazole rings is 1. The molecular weight excluding hydrogens is 296 g/mol. The van der Waals surface area contributed by atoms with Crippen molar-refractivity contribution in [3.63, 3.8) is 0 Å². The fourth-order valence-corrected chi connectivity index (χ4v) is 3.97. The van der Waals surface area contributed by atoms with Crippen LogP contribution in [0.2, 0.25) is 0 Å². The minimum atomic E-state index is 0.438. The normalized spacial score (nSPS) is 23.0. The van der Waals surface area contributed by atoms with Crippen molar-refractivity contribution in [2.45, 2.75) is 50.9 Å². The van der Waals surface area contributed by atoms with Gasteiger partial charge in [0.2, 0.25) is 5.89 Å². The lowest BCUT2D eigenvalue weighted by Gasteiger charge is -2.31. The molecule has 6 heteroatoms. The number of aryl methyl sites for hydroxylation is 1. The molecular formula is C16H22N4OS. The van der Waals surface area contributed by atoms with E-state index >= 15 is 0 Å². The predicted molar refractivity (Wildman–Crippen MR) is 85.2 cm³/mol. The zero-order valence-corrected chi connectivity index (χ0v) is 13.8. The molecule has 1 aliphatic heterocycles. The third-order valence-corrected chi connectivity index (χ3v) is 5.75. The number of hydrogen-bond acceptors (Lipinski definition) is 6. The van der Waals surface area contributed by atoms with Gasteiger partial charge >= 0.3 is 0 Å². The minimum absolute atomic E-state index is 0.438. The fourth-order valence-electron chi connectivity index (χ4n) is 3.20. The van der Waals surface area contributed by atoms with Crippen LogP contribution in [0.25, 0.3) is 0 Å². The number of likely N-dealkylation sites (tertiary alicyclic amines) is 1. The van der Waals surface area contributed by atoms with E-state index in [0.29, 0.717) is 11.8 Å². The molecule has 0 spiro atoms. The van der Waals surface area contributed by atoms with Gasteiger partial charge in [0.1, 0.15) is 0 Å². The molecule has 2 aromatic rings. The van der Waals surface area contributed by atoms with E-state index < -0.39 is 0 Å². The molecule has 0 amide bonds. The first-order valence-corrected chi connectivity index (χ1v) is 9.12. The van der Waals surface area contributed by atoms with Crippen molar-refractivity contribution in [3.05, 3.63) is 27.8 Å². The molecule has 5 nitrogen and oxygen atoms in total. The van der Waals surface area contributed by atoms with E-state index in [2.05, 4.69) is 26.9 Å². The molecule has 118 valence electrons. The Balaban J connectivity index is 1.35. The summed E-state index contributed by atoms with van der Waals surface area (Å²) in [6, 6.07) is 0. The van der Waals surface area contributed by atoms with E-state index in [4.69, 9.17) is 4.52 Å².